The molecule has 0 amide bonds. The molecular formula is C31H47Cl2SiZr. The van der Waals surface area contributed by atoms with Crippen molar-refractivity contribution in [3.05, 3.63) is 67.0 Å². The maximum Gasteiger partial charge on any atom is 3.00 e. The van der Waals surface area contributed by atoms with Gasteiger partial charge in [0.2, 0.25) is 0 Å². The van der Waals surface area contributed by atoms with Crippen molar-refractivity contribution in [2.24, 2.45) is 10.8 Å². The van der Waals surface area contributed by atoms with Crippen molar-refractivity contribution in [1.29, 1.82) is 0 Å². The first-order valence-corrected chi connectivity index (χ1v) is 15.9. The molecule has 4 heteroatoms. The molecule has 35 heavy (non-hydrogen) atoms. The Labute approximate surface area is 250 Å². The summed E-state index contributed by atoms with van der Waals surface area (Å²) in [6.07, 6.45) is 9.83. The molecule has 0 aromatic rings. The number of hydrogen-bond donors (Lipinski definition) is 0. The van der Waals surface area contributed by atoms with Crippen LogP contribution in [-0.2, 0) is 26.2 Å². The maximum atomic E-state index is 4.01. The fraction of sp³-hybridized carbons (Fsp3) is 0.613. The summed E-state index contributed by atoms with van der Waals surface area (Å²) < 4.78 is 0. The molecule has 0 unspecified atom stereocenters. The van der Waals surface area contributed by atoms with Gasteiger partial charge in [-0.05, 0) is 51.5 Å². The van der Waals surface area contributed by atoms with E-state index < -0.39 is 8.80 Å². The van der Waals surface area contributed by atoms with E-state index in [1.807, 2.05) is 0 Å². The van der Waals surface area contributed by atoms with Crippen LogP contribution in [0.1, 0.15) is 101 Å². The van der Waals surface area contributed by atoms with Crippen molar-refractivity contribution in [1.82, 2.24) is 0 Å². The third-order valence-electron chi connectivity index (χ3n) is 8.98. The molecule has 1 radical (unpaired) electrons. The van der Waals surface area contributed by atoms with Crippen molar-refractivity contribution in [3.8, 4) is 0 Å². The molecule has 0 heterocycles. The first-order valence-electron chi connectivity index (χ1n) is 13.0. The second-order valence-corrected chi connectivity index (χ2v) is 14.7. The number of rotatable bonds is 7. The number of halogens is 2. The Bertz CT molecular complexity index is 1030. The molecule has 0 bridgehead atoms. The monoisotopic (exact) mass is 607 g/mol. The van der Waals surface area contributed by atoms with Crippen LogP contribution < -0.4 is 24.8 Å². The average Bonchev–Trinajstić information content (AvgIpc) is 3.25. The van der Waals surface area contributed by atoms with Gasteiger partial charge in [-0.2, -0.15) is 11.6 Å². The molecule has 3 aliphatic carbocycles. The van der Waals surface area contributed by atoms with Gasteiger partial charge in [0.05, 0.1) is 0 Å². The summed E-state index contributed by atoms with van der Waals surface area (Å²) in [5.74, 6) is 0. The normalized spacial score (nSPS) is 21.1. The number of hydrogen-bond acceptors (Lipinski definition) is 0. The van der Waals surface area contributed by atoms with Crippen LogP contribution in [0.4, 0.5) is 0 Å². The molecular weight excluding hydrogens is 563 g/mol. The van der Waals surface area contributed by atoms with Gasteiger partial charge in [-0.1, -0.05) is 107 Å². The minimum atomic E-state index is -0.968. The van der Waals surface area contributed by atoms with E-state index >= 15 is 0 Å². The van der Waals surface area contributed by atoms with Crippen molar-refractivity contribution >= 4 is 8.80 Å². The van der Waals surface area contributed by atoms with Gasteiger partial charge < -0.3 is 24.8 Å². The Morgan fingerprint density at radius 1 is 0.743 bits per heavy atom. The van der Waals surface area contributed by atoms with Crippen LogP contribution in [0.3, 0.4) is 0 Å². The largest absolute Gasteiger partial charge is 3.00 e. The van der Waals surface area contributed by atoms with Crippen LogP contribution in [0.15, 0.2) is 60.9 Å². The Balaban J connectivity index is 0.00000385. The van der Waals surface area contributed by atoms with E-state index in [2.05, 4.69) is 88.4 Å². The van der Waals surface area contributed by atoms with Gasteiger partial charge in [0, 0.05) is 14.2 Å². The van der Waals surface area contributed by atoms with Gasteiger partial charge in [0.25, 0.3) is 0 Å². The van der Waals surface area contributed by atoms with E-state index in [9.17, 15) is 0 Å². The van der Waals surface area contributed by atoms with Gasteiger partial charge in [0.15, 0.2) is 0 Å². The number of allylic oxidation sites excluding steroid dienone is 12. The molecule has 3 rings (SSSR count). The SMILES string of the molecule is CCCC1=C(C2=[C-]CC([SiH](C)C)=C2C2=C(CCC)C(C)=C(C)C2(C)C)C(C)(C)C(C)=C1C.[Cl-].[Cl-].[Zr+3]. The quantitative estimate of drug-likeness (QED) is 0.307. The van der Waals surface area contributed by atoms with Gasteiger partial charge in [-0.3, -0.25) is 0 Å². The second-order valence-electron chi connectivity index (χ2n) is 11.7. The van der Waals surface area contributed by atoms with Gasteiger partial charge >= 0.3 is 26.2 Å². The average molecular weight is 610 g/mol. The zero-order chi connectivity index (χ0) is 24.2. The summed E-state index contributed by atoms with van der Waals surface area (Å²) >= 11 is 0. The molecule has 0 saturated heterocycles. The first-order chi connectivity index (χ1) is 14.8. The summed E-state index contributed by atoms with van der Waals surface area (Å²) in [6, 6.07) is 0. The molecule has 0 nitrogen and oxygen atoms in total. The molecule has 0 spiro atoms. The Morgan fingerprint density at radius 2 is 1.14 bits per heavy atom. The van der Waals surface area contributed by atoms with Crippen molar-refractivity contribution in [2.45, 2.75) is 114 Å². The molecule has 193 valence electrons. The maximum absolute atomic E-state index is 4.01. The van der Waals surface area contributed by atoms with Crippen LogP contribution >= 0.6 is 0 Å². The van der Waals surface area contributed by atoms with E-state index in [1.165, 1.54) is 36.8 Å². The molecule has 3 aliphatic rings. The van der Waals surface area contributed by atoms with E-state index in [0.29, 0.717) is 0 Å². The summed E-state index contributed by atoms with van der Waals surface area (Å²) in [5.41, 5.74) is 16.0. The fourth-order valence-corrected chi connectivity index (χ4v) is 7.84. The minimum absolute atomic E-state index is 0. The Morgan fingerprint density at radius 3 is 1.54 bits per heavy atom. The molecule has 0 atom stereocenters. The molecule has 0 saturated carbocycles. The summed E-state index contributed by atoms with van der Waals surface area (Å²) in [4.78, 5) is 0. The summed E-state index contributed by atoms with van der Waals surface area (Å²) in [5, 5.41) is 1.74. The fourth-order valence-electron chi connectivity index (χ4n) is 6.46. The van der Waals surface area contributed by atoms with Crippen molar-refractivity contribution in [2.75, 3.05) is 0 Å². The van der Waals surface area contributed by atoms with Gasteiger partial charge in [0.1, 0.15) is 0 Å². The zero-order valence-corrected chi connectivity index (χ0v) is 29.5. The Hall–Kier alpha value is 0.120. The van der Waals surface area contributed by atoms with E-state index in [0.717, 1.165) is 6.42 Å². The van der Waals surface area contributed by atoms with Crippen LogP contribution in [-0.4, -0.2) is 8.80 Å². The zero-order valence-electron chi connectivity index (χ0n) is 24.4. The predicted molar refractivity (Wildman–Crippen MR) is 145 cm³/mol. The molecule has 0 aliphatic heterocycles. The smallest absolute Gasteiger partial charge is 1.00 e. The van der Waals surface area contributed by atoms with E-state index in [1.54, 1.807) is 49.8 Å². The third kappa shape index (κ3) is 5.62. The van der Waals surface area contributed by atoms with Crippen LogP contribution in [0.25, 0.3) is 0 Å². The summed E-state index contributed by atoms with van der Waals surface area (Å²) in [6.45, 7) is 29.0. The minimum Gasteiger partial charge on any atom is -1.00 e. The molecule has 0 aromatic carbocycles. The van der Waals surface area contributed by atoms with Crippen LogP contribution in [0, 0.1) is 16.9 Å². The topological polar surface area (TPSA) is 0 Å². The molecule has 0 N–H and O–H groups in total. The van der Waals surface area contributed by atoms with E-state index in [-0.39, 0.29) is 61.8 Å². The standard InChI is InChI=1S/C31H47Si.2ClH.Zr/c1-13-15-23-19(3)21(5)30(7,8)28(23)25-17-18-26(32(11)12)27(25)29-24(16-14-2)20(4)22(6)31(29,9)10;;;/h32H,13-16,18H2,1-12H3;2*1H;/q-1;;;+3/p-2. The molecule has 0 fully saturated rings. The van der Waals surface area contributed by atoms with Gasteiger partial charge in [-0.15, -0.1) is 16.3 Å². The van der Waals surface area contributed by atoms with Crippen LogP contribution in [0.5, 0.6) is 0 Å². The third-order valence-corrected chi connectivity index (χ3v) is 10.9. The van der Waals surface area contributed by atoms with Crippen LogP contribution in [0.2, 0.25) is 13.1 Å². The molecule has 0 aromatic heterocycles. The first kappa shape index (κ1) is 35.1. The summed E-state index contributed by atoms with van der Waals surface area (Å²) in [7, 11) is -0.968. The van der Waals surface area contributed by atoms with Crippen molar-refractivity contribution < 1.29 is 51.0 Å². The second kappa shape index (κ2) is 12.8. The van der Waals surface area contributed by atoms with E-state index in [4.69, 9.17) is 0 Å². The predicted octanol–water partition coefficient (Wildman–Crippen LogP) is 3.39. The Kier molecular flexibility index (Phi) is 12.8. The van der Waals surface area contributed by atoms with Gasteiger partial charge in [-0.25, -0.2) is 0 Å². The van der Waals surface area contributed by atoms with Crippen molar-refractivity contribution in [3.63, 3.8) is 0 Å².